The molecule has 0 atom stereocenters. The van der Waals surface area contributed by atoms with Crippen LogP contribution < -0.4 is 12.4 Å². The molecule has 0 aromatic rings. The molecule has 0 amide bonds. The number of hydrogen-bond donors (Lipinski definition) is 0. The first-order chi connectivity index (χ1) is 1.91. The van der Waals surface area contributed by atoms with Crippen LogP contribution in [0.4, 0.5) is 0 Å². The summed E-state index contributed by atoms with van der Waals surface area (Å²) in [5.41, 5.74) is 0. The molecule has 3 heteroatoms. The van der Waals surface area contributed by atoms with Gasteiger partial charge in [0.1, 0.15) is 0 Å². The zero-order valence-electron chi connectivity index (χ0n) is 4.95. The fourth-order valence-corrected chi connectivity index (χ4v) is 0. The first-order valence-electron chi connectivity index (χ1n) is 1.32. The molecule has 0 aliphatic rings. The van der Waals surface area contributed by atoms with E-state index < -0.39 is 0 Å². The normalized spacial score (nSPS) is 5.29. The van der Waals surface area contributed by atoms with Gasteiger partial charge in [-0.2, -0.15) is 0 Å². The Kier molecular flexibility index (Phi) is 94.9. The van der Waals surface area contributed by atoms with E-state index >= 15 is 0 Å². The van der Waals surface area contributed by atoms with Crippen LogP contribution in [0.5, 0.6) is 0 Å². The standard InChI is InChI=1S/C4H7.ClH.Li.Zn/c1-3-4-2;;;/h3-4H,1H2,2H3;1H;;/q-1;;;+2/p-1/b4-3+;;;. The van der Waals surface area contributed by atoms with Crippen molar-refractivity contribution in [2.75, 3.05) is 0 Å². The van der Waals surface area contributed by atoms with Gasteiger partial charge in [0.25, 0.3) is 0 Å². The van der Waals surface area contributed by atoms with E-state index in [1.54, 1.807) is 6.08 Å². The van der Waals surface area contributed by atoms with Crippen LogP contribution in [-0.4, -0.2) is 18.9 Å². The minimum absolute atomic E-state index is 0. The maximum atomic E-state index is 3.42. The molecule has 0 aliphatic carbocycles. The summed E-state index contributed by atoms with van der Waals surface area (Å²) in [5.74, 6) is 0. The second-order valence-electron chi connectivity index (χ2n) is 0.569. The monoisotopic (exact) mass is 161 g/mol. The van der Waals surface area contributed by atoms with Gasteiger partial charge in [0.05, 0.1) is 0 Å². The molecule has 1 radical (unpaired) electrons. The van der Waals surface area contributed by atoms with Gasteiger partial charge in [-0.1, -0.05) is 0 Å². The SMILES string of the molecule is [CH2-]/C=C/C.[Cl-].[Li].[Zn+2]. The Balaban J connectivity index is -0.0000000150. The maximum absolute atomic E-state index is 3.42. The van der Waals surface area contributed by atoms with E-state index in [4.69, 9.17) is 0 Å². The molecule has 33 valence electrons. The Morgan fingerprint density at radius 2 is 1.57 bits per heavy atom. The van der Waals surface area contributed by atoms with Crippen molar-refractivity contribution in [2.24, 2.45) is 0 Å². The molecule has 0 N–H and O–H groups in total. The van der Waals surface area contributed by atoms with E-state index in [-0.39, 0.29) is 50.7 Å². The molecule has 0 unspecified atom stereocenters. The van der Waals surface area contributed by atoms with Crippen LogP contribution in [0.1, 0.15) is 6.92 Å². The fraction of sp³-hybridized carbons (Fsp3) is 0.250. The van der Waals surface area contributed by atoms with Crippen molar-refractivity contribution in [1.82, 2.24) is 0 Å². The number of rotatable bonds is 0. The third-order valence-corrected chi connectivity index (χ3v) is 0.236. The first kappa shape index (κ1) is 24.2. The summed E-state index contributed by atoms with van der Waals surface area (Å²) in [6.45, 7) is 5.36. The van der Waals surface area contributed by atoms with Gasteiger partial charge >= 0.3 is 19.5 Å². The van der Waals surface area contributed by atoms with Gasteiger partial charge < -0.3 is 12.4 Å². The second-order valence-corrected chi connectivity index (χ2v) is 0.569. The maximum Gasteiger partial charge on any atom is 2.00 e. The molecule has 0 saturated heterocycles. The Bertz CT molecular complexity index is 26.9. The molecule has 0 fully saturated rings. The minimum atomic E-state index is 0. The summed E-state index contributed by atoms with van der Waals surface area (Å²) in [6.07, 6.45) is 3.64. The van der Waals surface area contributed by atoms with Gasteiger partial charge in [0.2, 0.25) is 0 Å². The summed E-state index contributed by atoms with van der Waals surface area (Å²) < 4.78 is 0. The second kappa shape index (κ2) is 27.4. The van der Waals surface area contributed by atoms with Crippen molar-refractivity contribution >= 4 is 18.9 Å². The Labute approximate surface area is 76.5 Å². The van der Waals surface area contributed by atoms with Crippen LogP contribution in [0.2, 0.25) is 0 Å². The van der Waals surface area contributed by atoms with E-state index in [0.29, 0.717) is 0 Å². The van der Waals surface area contributed by atoms with Gasteiger partial charge in [-0.15, -0.1) is 6.92 Å². The van der Waals surface area contributed by atoms with Gasteiger partial charge in [0.15, 0.2) is 0 Å². The minimum Gasteiger partial charge on any atom is -1.00 e. The molecule has 7 heavy (non-hydrogen) atoms. The van der Waals surface area contributed by atoms with Crippen molar-refractivity contribution in [1.29, 1.82) is 0 Å². The average Bonchev–Trinajstić information content (AvgIpc) is 1.37. The molecule has 0 aliphatic heterocycles. The van der Waals surface area contributed by atoms with Gasteiger partial charge in [-0.3, -0.25) is 0 Å². The molecule has 0 heterocycles. The zero-order valence-corrected chi connectivity index (χ0v) is 8.67. The summed E-state index contributed by atoms with van der Waals surface area (Å²) in [4.78, 5) is 0. The number of allylic oxidation sites excluding steroid dienone is 2. The van der Waals surface area contributed by atoms with Crippen molar-refractivity contribution in [3.05, 3.63) is 19.1 Å². The van der Waals surface area contributed by atoms with E-state index in [1.807, 2.05) is 13.0 Å². The summed E-state index contributed by atoms with van der Waals surface area (Å²) >= 11 is 0. The van der Waals surface area contributed by atoms with Crippen molar-refractivity contribution in [2.45, 2.75) is 6.92 Å². The Morgan fingerprint density at radius 1 is 1.43 bits per heavy atom. The topological polar surface area (TPSA) is 0 Å². The number of hydrogen-bond acceptors (Lipinski definition) is 0. The van der Waals surface area contributed by atoms with Crippen LogP contribution in [0.25, 0.3) is 0 Å². The molecule has 0 spiro atoms. The fourth-order valence-electron chi connectivity index (χ4n) is 0. The largest absolute Gasteiger partial charge is 2.00 e. The third kappa shape index (κ3) is 41.5. The van der Waals surface area contributed by atoms with E-state index in [9.17, 15) is 0 Å². The van der Waals surface area contributed by atoms with Crippen LogP contribution in [-0.2, 0) is 19.5 Å². The van der Waals surface area contributed by atoms with Crippen LogP contribution in [0.3, 0.4) is 0 Å². The average molecular weight is 163 g/mol. The Hall–Kier alpha value is 1.12. The van der Waals surface area contributed by atoms with E-state index in [2.05, 4.69) is 6.92 Å². The van der Waals surface area contributed by atoms with E-state index in [0.717, 1.165) is 0 Å². The first-order valence-corrected chi connectivity index (χ1v) is 1.32. The number of halogens is 1. The molecular weight excluding hydrogens is 156 g/mol. The molecule has 0 aromatic carbocycles. The Morgan fingerprint density at radius 3 is 1.57 bits per heavy atom. The van der Waals surface area contributed by atoms with Crippen molar-refractivity contribution in [3.63, 3.8) is 0 Å². The predicted molar refractivity (Wildman–Crippen MR) is 25.9 cm³/mol. The summed E-state index contributed by atoms with van der Waals surface area (Å²) in [5, 5.41) is 0. The van der Waals surface area contributed by atoms with Crippen LogP contribution >= 0.6 is 0 Å². The molecular formula is C4H7ClLiZn. The molecule has 0 saturated carbocycles. The summed E-state index contributed by atoms with van der Waals surface area (Å²) in [6, 6.07) is 0. The third-order valence-electron chi connectivity index (χ3n) is 0.236. The van der Waals surface area contributed by atoms with Crippen LogP contribution in [0.15, 0.2) is 12.2 Å². The molecule has 0 aromatic heterocycles. The van der Waals surface area contributed by atoms with Crippen LogP contribution in [0, 0.1) is 6.92 Å². The molecule has 0 rings (SSSR count). The van der Waals surface area contributed by atoms with Gasteiger partial charge in [-0.25, -0.2) is 19.1 Å². The van der Waals surface area contributed by atoms with Gasteiger partial charge in [-0.05, 0) is 0 Å². The molecule has 0 bridgehead atoms. The van der Waals surface area contributed by atoms with Crippen molar-refractivity contribution < 1.29 is 31.9 Å². The van der Waals surface area contributed by atoms with Crippen molar-refractivity contribution in [3.8, 4) is 0 Å². The zero-order chi connectivity index (χ0) is 3.41. The smallest absolute Gasteiger partial charge is 1.00 e. The molecule has 0 nitrogen and oxygen atoms in total. The van der Waals surface area contributed by atoms with E-state index in [1.165, 1.54) is 0 Å². The predicted octanol–water partition coefficient (Wildman–Crippen LogP) is -1.98. The quantitative estimate of drug-likeness (QED) is 0.286. The van der Waals surface area contributed by atoms with Gasteiger partial charge in [0, 0.05) is 18.9 Å². The summed E-state index contributed by atoms with van der Waals surface area (Å²) in [7, 11) is 0.